The van der Waals surface area contributed by atoms with Crippen molar-refractivity contribution in [3.63, 3.8) is 0 Å². The number of nitrogens with two attached hydrogens (primary N) is 1. The second-order valence-corrected chi connectivity index (χ2v) is 3.91. The van der Waals surface area contributed by atoms with Crippen molar-refractivity contribution in [2.24, 2.45) is 10.3 Å². The lowest BCUT2D eigenvalue weighted by Crippen LogP contribution is -2.20. The van der Waals surface area contributed by atoms with Crippen LogP contribution in [0.15, 0.2) is 15.7 Å². The predicted octanol–water partition coefficient (Wildman–Crippen LogP) is 1.32. The van der Waals surface area contributed by atoms with Crippen LogP contribution in [0.25, 0.3) is 10.4 Å². The van der Waals surface area contributed by atoms with Crippen LogP contribution in [0, 0.1) is 0 Å². The molecule has 19 heavy (non-hydrogen) atoms. The Morgan fingerprint density at radius 3 is 3.05 bits per heavy atom. The van der Waals surface area contributed by atoms with Gasteiger partial charge in [-0.25, -0.2) is 9.78 Å². The summed E-state index contributed by atoms with van der Waals surface area (Å²) < 4.78 is 4.84. The van der Waals surface area contributed by atoms with Gasteiger partial charge in [-0.1, -0.05) is 10.3 Å². The van der Waals surface area contributed by atoms with Crippen LogP contribution in [0.2, 0.25) is 0 Å². The molecular weight excluding hydrogens is 272 g/mol. The fourth-order valence-electron chi connectivity index (χ4n) is 1.02. The number of anilines is 1. The Bertz CT molecular complexity index is 508. The number of carbonyl (C=O) groups excluding carboxylic acids is 1. The zero-order valence-electron chi connectivity index (χ0n) is 10.1. The number of azide groups is 1. The van der Waals surface area contributed by atoms with Gasteiger partial charge in [-0.2, -0.15) is 0 Å². The number of esters is 1. The SMILES string of the molecule is CCOC(=O)/C(=N\OCCN=[N+]=[N-])c1csc(N)n1. The Hall–Kier alpha value is -2.32. The van der Waals surface area contributed by atoms with Crippen LogP contribution >= 0.6 is 11.3 Å². The molecule has 2 N–H and O–H groups in total. The molecule has 0 amide bonds. The minimum atomic E-state index is -0.656. The summed E-state index contributed by atoms with van der Waals surface area (Å²) in [7, 11) is 0. The van der Waals surface area contributed by atoms with E-state index in [0.717, 1.165) is 0 Å². The average Bonchev–Trinajstić information content (AvgIpc) is 2.80. The molecule has 0 aliphatic heterocycles. The summed E-state index contributed by atoms with van der Waals surface area (Å²) in [6.45, 7) is 2.03. The summed E-state index contributed by atoms with van der Waals surface area (Å²) in [6.07, 6.45) is 0. The highest BCUT2D eigenvalue weighted by atomic mass is 32.1. The topological polar surface area (TPSA) is 136 Å². The molecule has 0 aliphatic rings. The maximum Gasteiger partial charge on any atom is 0.362 e. The number of hydrogen-bond acceptors (Lipinski definition) is 8. The van der Waals surface area contributed by atoms with E-state index in [1.807, 2.05) is 0 Å². The van der Waals surface area contributed by atoms with Gasteiger partial charge in [-0.05, 0) is 12.5 Å². The van der Waals surface area contributed by atoms with Crippen molar-refractivity contribution in [1.29, 1.82) is 0 Å². The molecule has 0 aromatic carbocycles. The second-order valence-electron chi connectivity index (χ2n) is 3.02. The van der Waals surface area contributed by atoms with E-state index in [0.29, 0.717) is 5.13 Å². The third-order valence-electron chi connectivity index (χ3n) is 1.74. The number of carbonyl (C=O) groups is 1. The minimum absolute atomic E-state index is 0.0482. The zero-order chi connectivity index (χ0) is 14.1. The number of nitrogens with zero attached hydrogens (tertiary/aromatic N) is 5. The van der Waals surface area contributed by atoms with E-state index in [1.165, 1.54) is 11.3 Å². The van der Waals surface area contributed by atoms with Gasteiger partial charge in [0.15, 0.2) is 5.13 Å². The molecule has 1 aromatic rings. The molecule has 0 saturated heterocycles. The third kappa shape index (κ3) is 4.82. The summed E-state index contributed by atoms with van der Waals surface area (Å²) in [6, 6.07) is 0. The van der Waals surface area contributed by atoms with Crippen LogP contribution < -0.4 is 5.73 Å². The molecule has 0 spiro atoms. The third-order valence-corrected chi connectivity index (χ3v) is 2.41. The number of thiazole rings is 1. The Kier molecular flexibility index (Phi) is 6.13. The Morgan fingerprint density at radius 2 is 2.47 bits per heavy atom. The van der Waals surface area contributed by atoms with Gasteiger partial charge >= 0.3 is 5.97 Å². The molecule has 1 aromatic heterocycles. The van der Waals surface area contributed by atoms with E-state index in [-0.39, 0.29) is 31.2 Å². The Labute approximate surface area is 112 Å². The molecule has 9 nitrogen and oxygen atoms in total. The standard InChI is InChI=1S/C9H12N6O3S/c1-2-17-8(16)7(6-5-19-9(10)13-6)14-18-4-3-12-15-11/h5H,2-4H2,1H3,(H2,10,13)/b14-7-. The number of aromatic nitrogens is 1. The van der Waals surface area contributed by atoms with Crippen molar-refractivity contribution in [1.82, 2.24) is 4.98 Å². The van der Waals surface area contributed by atoms with E-state index in [4.69, 9.17) is 20.8 Å². The predicted molar refractivity (Wildman–Crippen MR) is 69.7 cm³/mol. The molecule has 0 radical (unpaired) electrons. The van der Waals surface area contributed by atoms with Gasteiger partial charge in [0.05, 0.1) is 13.2 Å². The molecule has 1 heterocycles. The Balaban J connectivity index is 2.77. The average molecular weight is 284 g/mol. The first-order valence-corrected chi connectivity index (χ1v) is 6.16. The van der Waals surface area contributed by atoms with Crippen molar-refractivity contribution in [2.45, 2.75) is 6.92 Å². The molecule has 102 valence electrons. The van der Waals surface area contributed by atoms with Crippen molar-refractivity contribution in [2.75, 3.05) is 25.5 Å². The van der Waals surface area contributed by atoms with Crippen LogP contribution in [0.1, 0.15) is 12.6 Å². The smallest absolute Gasteiger partial charge is 0.362 e. The maximum atomic E-state index is 11.7. The summed E-state index contributed by atoms with van der Waals surface area (Å²) in [5.74, 6) is -0.656. The molecule has 10 heteroatoms. The first-order chi connectivity index (χ1) is 9.19. The molecule has 0 atom stereocenters. The number of rotatable bonds is 7. The van der Waals surface area contributed by atoms with E-state index < -0.39 is 5.97 Å². The molecule has 0 fully saturated rings. The van der Waals surface area contributed by atoms with Gasteiger partial charge in [0, 0.05) is 10.3 Å². The van der Waals surface area contributed by atoms with E-state index in [1.54, 1.807) is 12.3 Å². The number of nitrogen functional groups attached to an aromatic ring is 1. The summed E-state index contributed by atoms with van der Waals surface area (Å²) in [5, 5.41) is 8.79. The van der Waals surface area contributed by atoms with E-state index >= 15 is 0 Å². The Morgan fingerprint density at radius 1 is 1.68 bits per heavy atom. The molecule has 0 aliphatic carbocycles. The lowest BCUT2D eigenvalue weighted by Gasteiger charge is -2.03. The van der Waals surface area contributed by atoms with Crippen molar-refractivity contribution >= 4 is 28.1 Å². The lowest BCUT2D eigenvalue weighted by atomic mass is 10.3. The lowest BCUT2D eigenvalue weighted by molar-refractivity contribution is -0.135. The minimum Gasteiger partial charge on any atom is -0.461 e. The highest BCUT2D eigenvalue weighted by molar-refractivity contribution is 7.13. The van der Waals surface area contributed by atoms with Crippen LogP contribution in [0.4, 0.5) is 5.13 Å². The second kappa shape index (κ2) is 7.90. The van der Waals surface area contributed by atoms with Gasteiger partial charge in [0.1, 0.15) is 12.3 Å². The first-order valence-electron chi connectivity index (χ1n) is 5.28. The quantitative estimate of drug-likeness (QED) is 0.153. The van der Waals surface area contributed by atoms with Gasteiger partial charge < -0.3 is 15.3 Å². The first kappa shape index (κ1) is 14.7. The normalized spacial score (nSPS) is 10.7. The van der Waals surface area contributed by atoms with Gasteiger partial charge in [-0.15, -0.1) is 11.3 Å². The number of hydrogen-bond donors (Lipinski definition) is 1. The molecule has 1 rings (SSSR count). The van der Waals surface area contributed by atoms with Crippen molar-refractivity contribution < 1.29 is 14.4 Å². The van der Waals surface area contributed by atoms with Crippen LogP contribution in [0.5, 0.6) is 0 Å². The van der Waals surface area contributed by atoms with Crippen molar-refractivity contribution in [3.8, 4) is 0 Å². The number of oxime groups is 1. The largest absolute Gasteiger partial charge is 0.461 e. The highest BCUT2D eigenvalue weighted by Crippen LogP contribution is 2.13. The molecular formula is C9H12N6O3S. The van der Waals surface area contributed by atoms with Gasteiger partial charge in [0.2, 0.25) is 5.71 Å². The monoisotopic (exact) mass is 284 g/mol. The van der Waals surface area contributed by atoms with E-state index in [2.05, 4.69) is 20.2 Å². The maximum absolute atomic E-state index is 11.7. The number of ether oxygens (including phenoxy) is 1. The summed E-state index contributed by atoms with van der Waals surface area (Å²) in [4.78, 5) is 23.0. The summed E-state index contributed by atoms with van der Waals surface area (Å²) in [5.41, 5.74) is 13.8. The van der Waals surface area contributed by atoms with Crippen LogP contribution in [-0.4, -0.2) is 36.4 Å². The van der Waals surface area contributed by atoms with E-state index in [9.17, 15) is 4.79 Å². The zero-order valence-corrected chi connectivity index (χ0v) is 11.0. The fraction of sp³-hybridized carbons (Fsp3) is 0.444. The highest BCUT2D eigenvalue weighted by Gasteiger charge is 2.19. The summed E-state index contributed by atoms with van der Waals surface area (Å²) >= 11 is 1.17. The van der Waals surface area contributed by atoms with Gasteiger partial charge in [-0.3, -0.25) is 0 Å². The van der Waals surface area contributed by atoms with Crippen molar-refractivity contribution in [3.05, 3.63) is 21.5 Å². The molecule has 0 bridgehead atoms. The fourth-order valence-corrected chi connectivity index (χ4v) is 1.57. The molecule has 0 unspecified atom stereocenters. The molecule has 0 saturated carbocycles. The van der Waals surface area contributed by atoms with Gasteiger partial charge in [0.25, 0.3) is 0 Å². The van der Waals surface area contributed by atoms with Crippen LogP contribution in [-0.2, 0) is 14.4 Å². The van der Waals surface area contributed by atoms with Crippen LogP contribution in [0.3, 0.4) is 0 Å².